The van der Waals surface area contributed by atoms with E-state index in [0.717, 1.165) is 11.1 Å². The number of benzene rings is 3. The third-order valence-corrected chi connectivity index (χ3v) is 6.56. The van der Waals surface area contributed by atoms with Crippen LogP contribution in [0.2, 0.25) is 0 Å². The number of carbonyl (C=O) groups is 1. The van der Waals surface area contributed by atoms with Crippen LogP contribution in [0.4, 0.5) is 0 Å². The molecule has 0 radical (unpaired) electrons. The van der Waals surface area contributed by atoms with Crippen molar-refractivity contribution in [3.63, 3.8) is 0 Å². The van der Waals surface area contributed by atoms with Crippen LogP contribution < -0.4 is 19.1 Å². The number of nitrogens with one attached hydrogen (secondary N) is 1. The number of aryl methyl sites for hydroxylation is 2. The Bertz CT molecular complexity index is 1340. The summed E-state index contributed by atoms with van der Waals surface area (Å²) >= 11 is 3.32. The van der Waals surface area contributed by atoms with Crippen molar-refractivity contribution in [2.45, 2.75) is 18.7 Å². The second-order valence-corrected chi connectivity index (χ2v) is 9.69. The number of hydrogen-bond acceptors (Lipinski definition) is 7. The highest BCUT2D eigenvalue weighted by Gasteiger charge is 2.22. The zero-order valence-corrected chi connectivity index (χ0v) is 21.4. The molecule has 0 aliphatic heterocycles. The summed E-state index contributed by atoms with van der Waals surface area (Å²) in [6.07, 6.45) is 1.39. The lowest BCUT2D eigenvalue weighted by Gasteiger charge is -2.13. The Morgan fingerprint density at radius 2 is 1.59 bits per heavy atom. The molecule has 0 saturated heterocycles. The van der Waals surface area contributed by atoms with Crippen LogP contribution in [-0.2, 0) is 10.1 Å². The quantitative estimate of drug-likeness (QED) is 0.251. The van der Waals surface area contributed by atoms with Gasteiger partial charge in [-0.3, -0.25) is 4.79 Å². The van der Waals surface area contributed by atoms with E-state index in [0.29, 0.717) is 21.3 Å². The zero-order chi connectivity index (χ0) is 24.9. The molecule has 10 heteroatoms. The van der Waals surface area contributed by atoms with Gasteiger partial charge < -0.3 is 13.7 Å². The normalized spacial score (nSPS) is 11.3. The van der Waals surface area contributed by atoms with E-state index < -0.39 is 16.0 Å². The fraction of sp³-hybridized carbons (Fsp3) is 0.167. The number of hydrazone groups is 1. The first-order valence-electron chi connectivity index (χ1n) is 10.0. The van der Waals surface area contributed by atoms with E-state index in [1.165, 1.54) is 38.6 Å². The van der Waals surface area contributed by atoms with Gasteiger partial charge in [-0.2, -0.15) is 13.5 Å². The Hall–Kier alpha value is -3.37. The Labute approximate surface area is 206 Å². The van der Waals surface area contributed by atoms with Crippen LogP contribution in [0.3, 0.4) is 0 Å². The van der Waals surface area contributed by atoms with Crippen molar-refractivity contribution in [3.8, 4) is 17.2 Å². The number of amides is 1. The van der Waals surface area contributed by atoms with Gasteiger partial charge in [0.1, 0.15) is 10.6 Å². The Kier molecular flexibility index (Phi) is 7.95. The van der Waals surface area contributed by atoms with Crippen molar-refractivity contribution < 1.29 is 26.9 Å². The van der Waals surface area contributed by atoms with Gasteiger partial charge in [-0.25, -0.2) is 5.43 Å². The SMILES string of the molecule is COc1cc(C)ccc1C(=O)N/N=C\c1cc(Br)c(OS(=O)(=O)c2ccc(C)cc2)c(OC)c1. The van der Waals surface area contributed by atoms with E-state index in [2.05, 4.69) is 26.5 Å². The van der Waals surface area contributed by atoms with Crippen molar-refractivity contribution in [1.29, 1.82) is 0 Å². The van der Waals surface area contributed by atoms with Crippen molar-refractivity contribution in [3.05, 3.63) is 81.3 Å². The van der Waals surface area contributed by atoms with Gasteiger partial charge in [0, 0.05) is 0 Å². The Balaban J connectivity index is 1.80. The number of rotatable bonds is 8. The van der Waals surface area contributed by atoms with E-state index in [4.69, 9.17) is 13.7 Å². The standard InChI is InChI=1S/C24H23BrN2O6S/c1-15-5-8-18(9-6-15)34(29,30)33-23-20(25)12-17(13-22(23)32-4)14-26-27-24(28)19-10-7-16(2)11-21(19)31-3/h5-14H,1-4H3,(H,27,28)/b26-14-. The molecule has 3 rings (SSSR count). The summed E-state index contributed by atoms with van der Waals surface area (Å²) in [6, 6.07) is 14.6. The lowest BCUT2D eigenvalue weighted by atomic mass is 10.1. The number of halogens is 1. The Morgan fingerprint density at radius 1 is 0.941 bits per heavy atom. The molecular formula is C24H23BrN2O6S. The van der Waals surface area contributed by atoms with Crippen molar-refractivity contribution >= 4 is 38.2 Å². The molecule has 0 unspecified atom stereocenters. The topological polar surface area (TPSA) is 103 Å². The summed E-state index contributed by atoms with van der Waals surface area (Å²) in [4.78, 5) is 12.5. The molecule has 0 fully saturated rings. The lowest BCUT2D eigenvalue weighted by Crippen LogP contribution is -2.18. The number of nitrogens with zero attached hydrogens (tertiary/aromatic N) is 1. The van der Waals surface area contributed by atoms with Gasteiger partial charge in [-0.05, 0) is 77.3 Å². The molecule has 0 atom stereocenters. The van der Waals surface area contributed by atoms with Crippen molar-refractivity contribution in [2.75, 3.05) is 14.2 Å². The van der Waals surface area contributed by atoms with E-state index in [9.17, 15) is 13.2 Å². The van der Waals surface area contributed by atoms with Crippen LogP contribution in [0.15, 0.2) is 69.1 Å². The summed E-state index contributed by atoms with van der Waals surface area (Å²) in [5.41, 5.74) is 5.20. The maximum atomic E-state index is 12.7. The highest BCUT2D eigenvalue weighted by atomic mass is 79.9. The first-order valence-corrected chi connectivity index (χ1v) is 12.2. The average molecular weight is 547 g/mol. The molecular weight excluding hydrogens is 524 g/mol. The maximum Gasteiger partial charge on any atom is 0.339 e. The molecule has 1 N–H and O–H groups in total. The van der Waals surface area contributed by atoms with Crippen molar-refractivity contribution in [1.82, 2.24) is 5.43 Å². The first kappa shape index (κ1) is 25.3. The molecule has 3 aromatic rings. The summed E-state index contributed by atoms with van der Waals surface area (Å²) in [6.45, 7) is 3.75. The minimum absolute atomic E-state index is 0.00588. The molecule has 0 aliphatic carbocycles. The average Bonchev–Trinajstić information content (AvgIpc) is 2.80. The minimum Gasteiger partial charge on any atom is -0.496 e. The van der Waals surface area contributed by atoms with Gasteiger partial charge in [0.25, 0.3) is 5.91 Å². The summed E-state index contributed by atoms with van der Waals surface area (Å²) < 4.78 is 41.6. The van der Waals surface area contributed by atoms with Crippen LogP contribution in [0, 0.1) is 13.8 Å². The van der Waals surface area contributed by atoms with Gasteiger partial charge in [-0.1, -0.05) is 23.8 Å². The molecule has 0 aromatic heterocycles. The van der Waals surface area contributed by atoms with Crippen LogP contribution in [0.25, 0.3) is 0 Å². The summed E-state index contributed by atoms with van der Waals surface area (Å²) in [5.74, 6) is 0.156. The fourth-order valence-corrected chi connectivity index (χ4v) is 4.57. The zero-order valence-electron chi connectivity index (χ0n) is 19.0. The minimum atomic E-state index is -4.08. The van der Waals surface area contributed by atoms with Crippen LogP contribution in [-0.4, -0.2) is 34.8 Å². The van der Waals surface area contributed by atoms with E-state index >= 15 is 0 Å². The molecule has 0 aliphatic rings. The monoisotopic (exact) mass is 546 g/mol. The second-order valence-electron chi connectivity index (χ2n) is 7.29. The molecule has 34 heavy (non-hydrogen) atoms. The number of hydrogen-bond donors (Lipinski definition) is 1. The predicted octanol–water partition coefficient (Wildman–Crippen LogP) is 4.61. The molecule has 8 nitrogen and oxygen atoms in total. The fourth-order valence-electron chi connectivity index (χ4n) is 2.97. The highest BCUT2D eigenvalue weighted by Crippen LogP contribution is 2.38. The smallest absolute Gasteiger partial charge is 0.339 e. The van der Waals surface area contributed by atoms with Gasteiger partial charge >= 0.3 is 10.1 Å². The van der Waals surface area contributed by atoms with Gasteiger partial charge in [0.15, 0.2) is 11.5 Å². The predicted molar refractivity (Wildman–Crippen MR) is 132 cm³/mol. The molecule has 178 valence electrons. The third kappa shape index (κ3) is 5.95. The molecule has 1 amide bonds. The maximum absolute atomic E-state index is 12.7. The summed E-state index contributed by atoms with van der Waals surface area (Å²) in [5, 5.41) is 3.98. The number of methoxy groups -OCH3 is 2. The Morgan fingerprint density at radius 3 is 2.24 bits per heavy atom. The van der Waals surface area contributed by atoms with Crippen LogP contribution in [0.5, 0.6) is 17.2 Å². The van der Waals surface area contributed by atoms with E-state index in [1.807, 2.05) is 13.8 Å². The molecule has 0 saturated carbocycles. The molecule has 0 heterocycles. The van der Waals surface area contributed by atoms with Crippen LogP contribution in [0.1, 0.15) is 27.0 Å². The van der Waals surface area contributed by atoms with Gasteiger partial charge in [0.2, 0.25) is 0 Å². The van der Waals surface area contributed by atoms with Crippen molar-refractivity contribution in [2.24, 2.45) is 5.10 Å². The second kappa shape index (κ2) is 10.7. The number of ether oxygens (including phenoxy) is 2. The van der Waals surface area contributed by atoms with Gasteiger partial charge in [0.05, 0.1) is 30.5 Å². The third-order valence-electron chi connectivity index (χ3n) is 4.74. The molecule has 3 aromatic carbocycles. The molecule has 0 bridgehead atoms. The largest absolute Gasteiger partial charge is 0.496 e. The number of carbonyl (C=O) groups excluding carboxylic acids is 1. The summed E-state index contributed by atoms with van der Waals surface area (Å²) in [7, 11) is -1.20. The molecule has 0 spiro atoms. The van der Waals surface area contributed by atoms with E-state index in [-0.39, 0.29) is 16.4 Å². The lowest BCUT2D eigenvalue weighted by molar-refractivity contribution is 0.0952. The van der Waals surface area contributed by atoms with Gasteiger partial charge in [-0.15, -0.1) is 0 Å². The van der Waals surface area contributed by atoms with E-state index in [1.54, 1.807) is 36.4 Å². The van der Waals surface area contributed by atoms with Crippen LogP contribution >= 0.6 is 15.9 Å². The first-order chi connectivity index (χ1) is 16.1. The highest BCUT2D eigenvalue weighted by molar-refractivity contribution is 9.10.